The molecular formula is C13H20FNO2. The third kappa shape index (κ3) is 5.15. The van der Waals surface area contributed by atoms with Crippen molar-refractivity contribution in [2.45, 2.75) is 20.4 Å². The van der Waals surface area contributed by atoms with E-state index in [1.54, 1.807) is 0 Å². The zero-order valence-electron chi connectivity index (χ0n) is 10.4. The Labute approximate surface area is 102 Å². The average Bonchev–Trinajstić information content (AvgIpc) is 2.32. The lowest BCUT2D eigenvalue weighted by molar-refractivity contribution is 0.174. The fourth-order valence-electron chi connectivity index (χ4n) is 1.37. The average molecular weight is 241 g/mol. The summed E-state index contributed by atoms with van der Waals surface area (Å²) in [5, 5.41) is 12.0. The molecule has 0 spiro atoms. The summed E-state index contributed by atoms with van der Waals surface area (Å²) in [4.78, 5) is 0. The maximum absolute atomic E-state index is 13.3. The molecule has 0 aliphatic rings. The van der Waals surface area contributed by atoms with Gasteiger partial charge >= 0.3 is 0 Å². The Morgan fingerprint density at radius 1 is 1.41 bits per heavy atom. The molecule has 2 N–H and O–H groups in total. The Bertz CT molecular complexity index is 344. The predicted molar refractivity (Wildman–Crippen MR) is 65.5 cm³/mol. The SMILES string of the molecule is CCNCc1cc(F)cc(OCC(C)CO)c1. The van der Waals surface area contributed by atoms with Gasteiger partial charge in [-0.25, -0.2) is 4.39 Å². The minimum absolute atomic E-state index is 0.0514. The van der Waals surface area contributed by atoms with Crippen LogP contribution >= 0.6 is 0 Å². The molecule has 96 valence electrons. The number of ether oxygens (including phenoxy) is 1. The first-order valence-corrected chi connectivity index (χ1v) is 5.89. The largest absolute Gasteiger partial charge is 0.493 e. The van der Waals surface area contributed by atoms with E-state index in [-0.39, 0.29) is 18.3 Å². The number of benzene rings is 1. The van der Waals surface area contributed by atoms with Crippen LogP contribution < -0.4 is 10.1 Å². The molecule has 4 heteroatoms. The summed E-state index contributed by atoms with van der Waals surface area (Å²) < 4.78 is 18.7. The number of hydrogen-bond donors (Lipinski definition) is 2. The van der Waals surface area contributed by atoms with Crippen LogP contribution in [0.4, 0.5) is 4.39 Å². The van der Waals surface area contributed by atoms with E-state index in [1.807, 2.05) is 19.9 Å². The third-order valence-corrected chi connectivity index (χ3v) is 2.36. The Balaban J connectivity index is 2.61. The normalized spacial score (nSPS) is 12.5. The van der Waals surface area contributed by atoms with Crippen LogP contribution in [0, 0.1) is 11.7 Å². The van der Waals surface area contributed by atoms with Gasteiger partial charge in [0, 0.05) is 25.1 Å². The molecule has 1 aromatic carbocycles. The van der Waals surface area contributed by atoms with Crippen molar-refractivity contribution in [1.29, 1.82) is 0 Å². The topological polar surface area (TPSA) is 41.5 Å². The Morgan fingerprint density at radius 3 is 2.82 bits per heavy atom. The van der Waals surface area contributed by atoms with Crippen LogP contribution in [0.5, 0.6) is 5.75 Å². The van der Waals surface area contributed by atoms with Crippen molar-refractivity contribution >= 4 is 0 Å². The lowest BCUT2D eigenvalue weighted by atomic mass is 10.2. The number of aliphatic hydroxyl groups excluding tert-OH is 1. The van der Waals surface area contributed by atoms with Gasteiger partial charge in [-0.05, 0) is 24.2 Å². The second-order valence-corrected chi connectivity index (χ2v) is 4.17. The van der Waals surface area contributed by atoms with E-state index in [4.69, 9.17) is 9.84 Å². The maximum atomic E-state index is 13.3. The summed E-state index contributed by atoms with van der Waals surface area (Å²) in [5.74, 6) is 0.265. The Morgan fingerprint density at radius 2 is 2.18 bits per heavy atom. The second kappa shape index (κ2) is 7.25. The minimum atomic E-state index is -0.299. The molecule has 0 bridgehead atoms. The van der Waals surface area contributed by atoms with Crippen molar-refractivity contribution in [3.8, 4) is 5.75 Å². The van der Waals surface area contributed by atoms with E-state index < -0.39 is 0 Å². The van der Waals surface area contributed by atoms with Crippen molar-refractivity contribution in [2.24, 2.45) is 5.92 Å². The van der Waals surface area contributed by atoms with E-state index in [0.717, 1.165) is 12.1 Å². The Kier molecular flexibility index (Phi) is 5.94. The van der Waals surface area contributed by atoms with Crippen LogP contribution in [-0.4, -0.2) is 24.9 Å². The second-order valence-electron chi connectivity index (χ2n) is 4.17. The first kappa shape index (κ1) is 13.9. The molecule has 0 fully saturated rings. The molecule has 1 rings (SSSR count). The molecule has 1 aromatic rings. The van der Waals surface area contributed by atoms with Gasteiger partial charge in [0.2, 0.25) is 0 Å². The molecule has 0 radical (unpaired) electrons. The van der Waals surface area contributed by atoms with Crippen LogP contribution in [0.15, 0.2) is 18.2 Å². The minimum Gasteiger partial charge on any atom is -0.493 e. The molecule has 1 atom stereocenters. The quantitative estimate of drug-likeness (QED) is 0.766. The summed E-state index contributed by atoms with van der Waals surface area (Å²) in [7, 11) is 0. The van der Waals surface area contributed by atoms with Crippen molar-refractivity contribution < 1.29 is 14.2 Å². The summed E-state index contributed by atoms with van der Waals surface area (Å²) >= 11 is 0. The van der Waals surface area contributed by atoms with E-state index >= 15 is 0 Å². The molecule has 17 heavy (non-hydrogen) atoms. The molecule has 0 amide bonds. The highest BCUT2D eigenvalue weighted by atomic mass is 19.1. The summed E-state index contributed by atoms with van der Waals surface area (Å²) in [6.07, 6.45) is 0. The summed E-state index contributed by atoms with van der Waals surface area (Å²) in [5.41, 5.74) is 0.860. The van der Waals surface area contributed by atoms with Gasteiger partial charge in [-0.15, -0.1) is 0 Å². The maximum Gasteiger partial charge on any atom is 0.127 e. The molecule has 0 heterocycles. The van der Waals surface area contributed by atoms with Crippen molar-refractivity contribution in [3.05, 3.63) is 29.6 Å². The van der Waals surface area contributed by atoms with E-state index in [0.29, 0.717) is 18.9 Å². The van der Waals surface area contributed by atoms with E-state index in [1.165, 1.54) is 12.1 Å². The smallest absolute Gasteiger partial charge is 0.127 e. The fourth-order valence-corrected chi connectivity index (χ4v) is 1.37. The van der Waals surface area contributed by atoms with Gasteiger partial charge in [0.1, 0.15) is 11.6 Å². The number of nitrogens with one attached hydrogen (secondary N) is 1. The Hall–Kier alpha value is -1.13. The predicted octanol–water partition coefficient (Wildman–Crippen LogP) is 1.94. The molecule has 0 saturated heterocycles. The lowest BCUT2D eigenvalue weighted by Crippen LogP contribution is -2.14. The van der Waals surface area contributed by atoms with Gasteiger partial charge < -0.3 is 15.2 Å². The van der Waals surface area contributed by atoms with E-state index in [9.17, 15) is 4.39 Å². The highest BCUT2D eigenvalue weighted by molar-refractivity contribution is 5.29. The van der Waals surface area contributed by atoms with Gasteiger partial charge in [0.05, 0.1) is 6.61 Å². The summed E-state index contributed by atoms with van der Waals surface area (Å²) in [6.45, 7) is 5.80. The first-order valence-electron chi connectivity index (χ1n) is 5.89. The van der Waals surface area contributed by atoms with E-state index in [2.05, 4.69) is 5.32 Å². The molecule has 1 unspecified atom stereocenters. The number of hydrogen-bond acceptors (Lipinski definition) is 3. The van der Waals surface area contributed by atoms with Crippen LogP contribution in [0.1, 0.15) is 19.4 Å². The molecular weight excluding hydrogens is 221 g/mol. The van der Waals surface area contributed by atoms with Crippen LogP contribution in [-0.2, 0) is 6.54 Å². The third-order valence-electron chi connectivity index (χ3n) is 2.36. The van der Waals surface area contributed by atoms with Crippen LogP contribution in [0.2, 0.25) is 0 Å². The van der Waals surface area contributed by atoms with Gasteiger partial charge in [-0.2, -0.15) is 0 Å². The van der Waals surface area contributed by atoms with Crippen LogP contribution in [0.25, 0.3) is 0 Å². The fraction of sp³-hybridized carbons (Fsp3) is 0.538. The van der Waals surface area contributed by atoms with Crippen molar-refractivity contribution in [1.82, 2.24) is 5.32 Å². The monoisotopic (exact) mass is 241 g/mol. The molecule has 3 nitrogen and oxygen atoms in total. The highest BCUT2D eigenvalue weighted by Gasteiger charge is 2.04. The van der Waals surface area contributed by atoms with Gasteiger partial charge in [0.15, 0.2) is 0 Å². The lowest BCUT2D eigenvalue weighted by Gasteiger charge is -2.12. The molecule has 0 aliphatic carbocycles. The van der Waals surface area contributed by atoms with Gasteiger partial charge in [0.25, 0.3) is 0 Å². The summed E-state index contributed by atoms with van der Waals surface area (Å²) in [6, 6.07) is 4.67. The molecule has 0 aromatic heterocycles. The van der Waals surface area contributed by atoms with Crippen molar-refractivity contribution in [3.63, 3.8) is 0 Å². The van der Waals surface area contributed by atoms with Crippen LogP contribution in [0.3, 0.4) is 0 Å². The van der Waals surface area contributed by atoms with Crippen molar-refractivity contribution in [2.75, 3.05) is 19.8 Å². The number of aliphatic hydroxyl groups is 1. The van der Waals surface area contributed by atoms with Gasteiger partial charge in [-0.1, -0.05) is 13.8 Å². The zero-order valence-corrected chi connectivity index (χ0v) is 10.4. The standard InChI is InChI=1S/C13H20FNO2/c1-3-15-7-11-4-12(14)6-13(5-11)17-9-10(2)8-16/h4-6,10,15-16H,3,7-9H2,1-2H3. The highest BCUT2D eigenvalue weighted by Crippen LogP contribution is 2.17. The molecule has 0 saturated carbocycles. The number of rotatable bonds is 7. The number of halogens is 1. The van der Waals surface area contributed by atoms with Gasteiger partial charge in [-0.3, -0.25) is 0 Å². The molecule has 0 aliphatic heterocycles. The zero-order chi connectivity index (χ0) is 12.7. The first-order chi connectivity index (χ1) is 8.15.